The van der Waals surface area contributed by atoms with Gasteiger partial charge in [-0.25, -0.2) is 4.98 Å². The molecule has 0 amide bonds. The quantitative estimate of drug-likeness (QED) is 0.0418. The summed E-state index contributed by atoms with van der Waals surface area (Å²) in [6.07, 6.45) is 40.7. The van der Waals surface area contributed by atoms with Gasteiger partial charge in [0.25, 0.3) is 0 Å². The lowest BCUT2D eigenvalue weighted by Gasteiger charge is -2.20. The van der Waals surface area contributed by atoms with Crippen molar-refractivity contribution in [2.24, 2.45) is 0 Å². The molecule has 348 valence electrons. The maximum atomic E-state index is 6.77. The Hall–Kier alpha value is -3.86. The van der Waals surface area contributed by atoms with E-state index < -0.39 is 0 Å². The third kappa shape index (κ3) is 21.6. The molecule has 0 bridgehead atoms. The van der Waals surface area contributed by atoms with Crippen LogP contribution in [0.3, 0.4) is 0 Å². The number of ether oxygens (including phenoxy) is 3. The van der Waals surface area contributed by atoms with Gasteiger partial charge in [0.05, 0.1) is 36.9 Å². The summed E-state index contributed by atoms with van der Waals surface area (Å²) in [4.78, 5) is 10.1. The molecule has 4 rings (SSSR count). The summed E-state index contributed by atoms with van der Waals surface area (Å²) >= 11 is 0. The Morgan fingerprint density at radius 3 is 1.21 bits per heavy atom. The lowest BCUT2D eigenvalue weighted by molar-refractivity contribution is 0.234. The molecule has 2 aromatic carbocycles. The highest BCUT2D eigenvalue weighted by Crippen LogP contribution is 2.44. The van der Waals surface area contributed by atoms with Crippen LogP contribution in [-0.2, 0) is 0 Å². The number of hydrogen-bond donors (Lipinski definition) is 0. The lowest BCUT2D eigenvalue weighted by atomic mass is 9.99. The number of nitrogens with zero attached hydrogens (tertiary/aromatic N) is 2. The predicted molar refractivity (Wildman–Crippen MR) is 270 cm³/mol. The Bertz CT molecular complexity index is 1650. The molecular weight excluding hydrogens is 773 g/mol. The maximum Gasteiger partial charge on any atom is 0.203 e. The molecule has 2 heterocycles. The molecule has 0 fully saturated rings. The normalized spacial score (nSPS) is 11.3. The summed E-state index contributed by atoms with van der Waals surface area (Å²) in [5, 5.41) is 0. The summed E-state index contributed by atoms with van der Waals surface area (Å²) in [6.45, 7) is 8.85. The lowest BCUT2D eigenvalue weighted by Crippen LogP contribution is -2.07. The van der Waals surface area contributed by atoms with Gasteiger partial charge in [0.15, 0.2) is 11.5 Å². The van der Waals surface area contributed by atoms with Crippen LogP contribution in [0.15, 0.2) is 79.0 Å². The van der Waals surface area contributed by atoms with Gasteiger partial charge in [-0.1, -0.05) is 231 Å². The van der Waals surface area contributed by atoms with Gasteiger partial charge in [-0.15, -0.1) is 0 Å². The van der Waals surface area contributed by atoms with Crippen LogP contribution < -0.4 is 14.2 Å². The van der Waals surface area contributed by atoms with E-state index in [9.17, 15) is 0 Å². The van der Waals surface area contributed by atoms with E-state index in [1.807, 2.05) is 24.4 Å². The van der Waals surface area contributed by atoms with E-state index in [0.29, 0.717) is 19.8 Å². The first-order valence-electron chi connectivity index (χ1n) is 26.3. The Labute approximate surface area is 386 Å². The molecule has 0 aliphatic rings. The Kier molecular flexibility index (Phi) is 28.4. The van der Waals surface area contributed by atoms with Gasteiger partial charge >= 0.3 is 0 Å². The van der Waals surface area contributed by atoms with Gasteiger partial charge in [-0.3, -0.25) is 4.98 Å². The minimum atomic E-state index is 0.657. The second kappa shape index (κ2) is 34.5. The van der Waals surface area contributed by atoms with Crippen molar-refractivity contribution in [1.29, 1.82) is 0 Å². The molecular formula is C58H88N2O3. The Morgan fingerprint density at radius 2 is 0.778 bits per heavy atom. The molecule has 0 N–H and O–H groups in total. The van der Waals surface area contributed by atoms with Gasteiger partial charge in [0.2, 0.25) is 5.75 Å². The highest BCUT2D eigenvalue weighted by molar-refractivity contribution is 5.83. The molecule has 0 saturated heterocycles. The first-order chi connectivity index (χ1) is 31.2. The van der Waals surface area contributed by atoms with Crippen LogP contribution in [0.4, 0.5) is 0 Å². The highest BCUT2D eigenvalue weighted by Gasteiger charge is 2.20. The fourth-order valence-corrected chi connectivity index (χ4v) is 8.56. The highest BCUT2D eigenvalue weighted by atomic mass is 16.5. The fraction of sp³-hybridized carbons (Fsp3) is 0.621. The zero-order valence-electron chi connectivity index (χ0n) is 40.5. The molecule has 0 radical (unpaired) electrons. The SMILES string of the molecule is CCCCCCCCCCCCOc1cc(-c2ccc(-c3ccccc3)nc2-c2ccccn2)cc(OCCCCCCCCCCCC)c1OCCCCCCCCCCCC. The summed E-state index contributed by atoms with van der Waals surface area (Å²) in [5.74, 6) is 2.29. The van der Waals surface area contributed by atoms with E-state index in [1.165, 1.54) is 173 Å². The predicted octanol–water partition coefficient (Wildman–Crippen LogP) is 18.4. The van der Waals surface area contributed by atoms with Crippen molar-refractivity contribution in [2.75, 3.05) is 19.8 Å². The van der Waals surface area contributed by atoms with Crippen molar-refractivity contribution in [2.45, 2.75) is 213 Å². The molecule has 5 nitrogen and oxygen atoms in total. The minimum Gasteiger partial charge on any atom is -0.490 e. The van der Waals surface area contributed by atoms with Crippen LogP contribution in [-0.4, -0.2) is 29.8 Å². The third-order valence-corrected chi connectivity index (χ3v) is 12.5. The molecule has 0 aliphatic carbocycles. The number of unbranched alkanes of at least 4 members (excludes halogenated alkanes) is 27. The molecule has 0 saturated carbocycles. The van der Waals surface area contributed by atoms with Gasteiger partial charge < -0.3 is 14.2 Å². The summed E-state index contributed by atoms with van der Waals surface area (Å²) in [5.41, 5.74) is 5.70. The Morgan fingerprint density at radius 1 is 0.365 bits per heavy atom. The molecule has 2 aromatic heterocycles. The van der Waals surface area contributed by atoms with E-state index in [0.717, 1.165) is 70.3 Å². The molecule has 0 aliphatic heterocycles. The van der Waals surface area contributed by atoms with Gasteiger partial charge in [-0.05, 0) is 61.2 Å². The van der Waals surface area contributed by atoms with Gasteiger partial charge in [0.1, 0.15) is 0 Å². The van der Waals surface area contributed by atoms with Crippen molar-refractivity contribution in [1.82, 2.24) is 9.97 Å². The number of pyridine rings is 2. The van der Waals surface area contributed by atoms with Crippen LogP contribution in [0.1, 0.15) is 213 Å². The molecule has 0 atom stereocenters. The number of aromatic nitrogens is 2. The van der Waals surface area contributed by atoms with Crippen LogP contribution in [0.2, 0.25) is 0 Å². The van der Waals surface area contributed by atoms with Crippen molar-refractivity contribution >= 4 is 0 Å². The van der Waals surface area contributed by atoms with Crippen molar-refractivity contribution < 1.29 is 14.2 Å². The third-order valence-electron chi connectivity index (χ3n) is 12.5. The van der Waals surface area contributed by atoms with Crippen LogP contribution >= 0.6 is 0 Å². The second-order valence-corrected chi connectivity index (χ2v) is 18.1. The molecule has 63 heavy (non-hydrogen) atoms. The average Bonchev–Trinajstić information content (AvgIpc) is 3.32. The minimum absolute atomic E-state index is 0.657. The monoisotopic (exact) mass is 861 g/mol. The van der Waals surface area contributed by atoms with E-state index in [1.54, 1.807) is 0 Å². The van der Waals surface area contributed by atoms with E-state index in [-0.39, 0.29) is 0 Å². The smallest absolute Gasteiger partial charge is 0.203 e. The number of hydrogen-bond acceptors (Lipinski definition) is 5. The maximum absolute atomic E-state index is 6.77. The van der Waals surface area contributed by atoms with Crippen molar-refractivity contribution in [3.05, 3.63) is 79.0 Å². The number of benzene rings is 2. The van der Waals surface area contributed by atoms with E-state index in [4.69, 9.17) is 24.2 Å². The molecule has 4 aromatic rings. The first kappa shape index (κ1) is 51.8. The van der Waals surface area contributed by atoms with E-state index in [2.05, 4.69) is 75.4 Å². The summed E-state index contributed by atoms with van der Waals surface area (Å²) in [6, 6.07) is 25.1. The summed E-state index contributed by atoms with van der Waals surface area (Å²) < 4.78 is 20.3. The first-order valence-corrected chi connectivity index (χ1v) is 26.3. The topological polar surface area (TPSA) is 53.5 Å². The largest absolute Gasteiger partial charge is 0.490 e. The van der Waals surface area contributed by atoms with Crippen molar-refractivity contribution in [3.63, 3.8) is 0 Å². The summed E-state index contributed by atoms with van der Waals surface area (Å²) in [7, 11) is 0. The van der Waals surface area contributed by atoms with Gasteiger partial charge in [-0.2, -0.15) is 0 Å². The van der Waals surface area contributed by atoms with Gasteiger partial charge in [0, 0.05) is 17.3 Å². The zero-order valence-corrected chi connectivity index (χ0v) is 40.5. The van der Waals surface area contributed by atoms with E-state index >= 15 is 0 Å². The fourth-order valence-electron chi connectivity index (χ4n) is 8.56. The molecule has 0 unspecified atom stereocenters. The molecule has 5 heteroatoms. The van der Waals surface area contributed by atoms with Crippen molar-refractivity contribution in [3.8, 4) is 51.0 Å². The molecule has 0 spiro atoms. The zero-order chi connectivity index (χ0) is 44.3. The van der Waals surface area contributed by atoms with Crippen LogP contribution in [0.5, 0.6) is 17.2 Å². The average molecular weight is 861 g/mol. The second-order valence-electron chi connectivity index (χ2n) is 18.1. The Balaban J connectivity index is 1.53. The van der Waals surface area contributed by atoms with Crippen LogP contribution in [0, 0.1) is 0 Å². The van der Waals surface area contributed by atoms with Crippen LogP contribution in [0.25, 0.3) is 33.8 Å². The standard InChI is InChI=1S/C58H88N2O3/c1-4-7-10-13-16-19-22-25-28-36-45-61-55-48-51(52-42-43-53(50-39-32-31-33-40-50)60-57(52)54-41-34-35-44-59-54)49-56(62-46-37-29-26-23-20-17-14-11-8-5-2)58(55)63-47-38-30-27-24-21-18-15-12-9-6-3/h31-35,39-44,48-49H,4-30,36-38,45-47H2,1-3H3. The number of rotatable bonds is 39.